The second kappa shape index (κ2) is 9.70. The average Bonchev–Trinajstić information content (AvgIpc) is 3.28. The molecule has 1 aromatic heterocycles. The molecule has 2 heterocycles. The maximum Gasteiger partial charge on any atom is 0.246 e. The van der Waals surface area contributed by atoms with Gasteiger partial charge in [0.05, 0.1) is 11.4 Å². The van der Waals surface area contributed by atoms with Crippen LogP contribution >= 0.6 is 11.3 Å². The molecule has 0 spiro atoms. The van der Waals surface area contributed by atoms with Gasteiger partial charge in [0.25, 0.3) is 0 Å². The van der Waals surface area contributed by atoms with Crippen molar-refractivity contribution >= 4 is 45.6 Å². The summed E-state index contributed by atoms with van der Waals surface area (Å²) in [4.78, 5) is 32.2. The molecule has 2 aromatic carbocycles. The standard InChI is InChI=1S/C25H22FN3O2S/c1-18(30)29(23-10-6-5-9-22(23)26)25-27-21(17-32-25)11-12-24(31)28-15-13-20(14-16-28)19-7-3-2-4-8-19/h2-13,17H,14-16H2,1H3. The Labute approximate surface area is 190 Å². The first-order valence-electron chi connectivity index (χ1n) is 10.2. The van der Waals surface area contributed by atoms with Crippen LogP contribution in [0, 0.1) is 5.82 Å². The molecule has 4 rings (SSSR count). The first-order chi connectivity index (χ1) is 15.5. The molecule has 32 heavy (non-hydrogen) atoms. The minimum atomic E-state index is -0.502. The van der Waals surface area contributed by atoms with Crippen molar-refractivity contribution in [1.29, 1.82) is 0 Å². The third kappa shape index (κ3) is 4.84. The zero-order chi connectivity index (χ0) is 22.5. The third-order valence-corrected chi connectivity index (χ3v) is 6.02. The van der Waals surface area contributed by atoms with E-state index in [1.807, 2.05) is 18.2 Å². The second-order valence-corrected chi connectivity index (χ2v) is 8.16. The lowest BCUT2D eigenvalue weighted by atomic mass is 9.99. The number of thiazole rings is 1. The van der Waals surface area contributed by atoms with Crippen LogP contribution in [0.15, 0.2) is 72.1 Å². The van der Waals surface area contributed by atoms with Gasteiger partial charge in [-0.05, 0) is 35.8 Å². The summed E-state index contributed by atoms with van der Waals surface area (Å²) in [6.07, 6.45) is 6.01. The van der Waals surface area contributed by atoms with E-state index in [0.29, 0.717) is 23.9 Å². The number of para-hydroxylation sites is 1. The van der Waals surface area contributed by atoms with Crippen molar-refractivity contribution in [3.8, 4) is 0 Å². The quantitative estimate of drug-likeness (QED) is 0.499. The summed E-state index contributed by atoms with van der Waals surface area (Å²) in [5.74, 6) is -0.941. The van der Waals surface area contributed by atoms with Gasteiger partial charge in [0.15, 0.2) is 5.13 Å². The number of hydrogen-bond donors (Lipinski definition) is 0. The normalized spacial score (nSPS) is 13.8. The topological polar surface area (TPSA) is 53.5 Å². The fourth-order valence-electron chi connectivity index (χ4n) is 3.54. The van der Waals surface area contributed by atoms with Gasteiger partial charge in [-0.3, -0.25) is 14.5 Å². The fourth-order valence-corrected chi connectivity index (χ4v) is 4.39. The molecule has 5 nitrogen and oxygen atoms in total. The van der Waals surface area contributed by atoms with Crippen LogP contribution in [0.5, 0.6) is 0 Å². The van der Waals surface area contributed by atoms with Crippen LogP contribution < -0.4 is 4.90 Å². The summed E-state index contributed by atoms with van der Waals surface area (Å²) >= 11 is 1.22. The molecule has 1 aliphatic heterocycles. The predicted octanol–water partition coefficient (Wildman–Crippen LogP) is 5.30. The van der Waals surface area contributed by atoms with Crippen molar-refractivity contribution in [2.45, 2.75) is 13.3 Å². The molecular formula is C25H22FN3O2S. The first kappa shape index (κ1) is 21.6. The number of hydrogen-bond acceptors (Lipinski definition) is 4. The highest BCUT2D eigenvalue weighted by atomic mass is 32.1. The zero-order valence-electron chi connectivity index (χ0n) is 17.6. The van der Waals surface area contributed by atoms with E-state index < -0.39 is 5.82 Å². The van der Waals surface area contributed by atoms with Gasteiger partial charge in [-0.15, -0.1) is 11.3 Å². The maximum atomic E-state index is 14.2. The maximum absolute atomic E-state index is 14.2. The van der Waals surface area contributed by atoms with E-state index in [1.165, 1.54) is 52.5 Å². The number of aromatic nitrogens is 1. The van der Waals surface area contributed by atoms with Gasteiger partial charge < -0.3 is 4.90 Å². The molecule has 0 N–H and O–H groups in total. The summed E-state index contributed by atoms with van der Waals surface area (Å²) in [6.45, 7) is 2.57. The molecule has 0 fully saturated rings. The summed E-state index contributed by atoms with van der Waals surface area (Å²) in [5, 5.41) is 2.09. The number of anilines is 2. The molecule has 1 aliphatic rings. The van der Waals surface area contributed by atoms with Crippen LogP contribution in [0.3, 0.4) is 0 Å². The largest absolute Gasteiger partial charge is 0.335 e. The van der Waals surface area contributed by atoms with Crippen LogP contribution in [-0.4, -0.2) is 34.8 Å². The van der Waals surface area contributed by atoms with E-state index in [0.717, 1.165) is 6.42 Å². The number of carbonyl (C=O) groups is 2. The molecule has 0 atom stereocenters. The second-order valence-electron chi connectivity index (χ2n) is 7.32. The Morgan fingerprint density at radius 1 is 1.12 bits per heavy atom. The Bertz CT molecular complexity index is 1190. The van der Waals surface area contributed by atoms with E-state index in [-0.39, 0.29) is 17.5 Å². The van der Waals surface area contributed by atoms with Crippen LogP contribution in [-0.2, 0) is 9.59 Å². The van der Waals surface area contributed by atoms with E-state index in [2.05, 4.69) is 23.2 Å². The van der Waals surface area contributed by atoms with Crippen molar-refractivity contribution < 1.29 is 14.0 Å². The predicted molar refractivity (Wildman–Crippen MR) is 126 cm³/mol. The first-order valence-corrected chi connectivity index (χ1v) is 11.1. The Morgan fingerprint density at radius 3 is 2.56 bits per heavy atom. The Balaban J connectivity index is 1.44. The van der Waals surface area contributed by atoms with Crippen LogP contribution in [0.4, 0.5) is 15.2 Å². The minimum Gasteiger partial charge on any atom is -0.335 e. The summed E-state index contributed by atoms with van der Waals surface area (Å²) < 4.78 is 14.2. The monoisotopic (exact) mass is 447 g/mol. The molecule has 0 bridgehead atoms. The molecule has 2 amide bonds. The highest BCUT2D eigenvalue weighted by molar-refractivity contribution is 7.14. The lowest BCUT2D eigenvalue weighted by Gasteiger charge is -2.25. The third-order valence-electron chi connectivity index (χ3n) is 5.17. The minimum absolute atomic E-state index is 0.0968. The van der Waals surface area contributed by atoms with E-state index in [1.54, 1.807) is 28.5 Å². The summed E-state index contributed by atoms with van der Waals surface area (Å²) in [7, 11) is 0. The van der Waals surface area contributed by atoms with Crippen molar-refractivity contribution in [3.63, 3.8) is 0 Å². The van der Waals surface area contributed by atoms with Crippen molar-refractivity contribution in [2.24, 2.45) is 0 Å². The number of benzene rings is 2. The molecule has 0 saturated carbocycles. The molecule has 162 valence electrons. The van der Waals surface area contributed by atoms with Gasteiger partial charge in [0.1, 0.15) is 5.82 Å². The summed E-state index contributed by atoms with van der Waals surface area (Å²) in [6, 6.07) is 16.2. The van der Waals surface area contributed by atoms with Gasteiger partial charge in [-0.1, -0.05) is 48.5 Å². The smallest absolute Gasteiger partial charge is 0.246 e. The lowest BCUT2D eigenvalue weighted by Crippen LogP contribution is -2.33. The van der Waals surface area contributed by atoms with Crippen LogP contribution in [0.1, 0.15) is 24.6 Å². The SMILES string of the molecule is CC(=O)N(c1nc(C=CC(=O)N2CC=C(c3ccccc3)CC2)cs1)c1ccccc1F. The summed E-state index contributed by atoms with van der Waals surface area (Å²) in [5.41, 5.74) is 3.13. The van der Waals surface area contributed by atoms with Gasteiger partial charge in [0.2, 0.25) is 11.8 Å². The number of rotatable bonds is 5. The molecule has 3 aromatic rings. The Hall–Kier alpha value is -3.58. The van der Waals surface area contributed by atoms with Crippen molar-refractivity contribution in [2.75, 3.05) is 18.0 Å². The van der Waals surface area contributed by atoms with E-state index in [4.69, 9.17) is 0 Å². The van der Waals surface area contributed by atoms with Gasteiger partial charge in [-0.25, -0.2) is 9.37 Å². The van der Waals surface area contributed by atoms with Crippen LogP contribution in [0.2, 0.25) is 0 Å². The molecule has 0 saturated heterocycles. The number of nitrogens with zero attached hydrogens (tertiary/aromatic N) is 3. The highest BCUT2D eigenvalue weighted by Gasteiger charge is 2.21. The molecule has 0 radical (unpaired) electrons. The van der Waals surface area contributed by atoms with Gasteiger partial charge in [0, 0.05) is 31.5 Å². The number of halogens is 1. The number of amides is 2. The van der Waals surface area contributed by atoms with Crippen molar-refractivity contribution in [1.82, 2.24) is 9.88 Å². The van der Waals surface area contributed by atoms with Gasteiger partial charge >= 0.3 is 0 Å². The van der Waals surface area contributed by atoms with Gasteiger partial charge in [-0.2, -0.15) is 0 Å². The zero-order valence-corrected chi connectivity index (χ0v) is 18.4. The highest BCUT2D eigenvalue weighted by Crippen LogP contribution is 2.31. The molecule has 0 aliphatic carbocycles. The molecular weight excluding hydrogens is 425 g/mol. The van der Waals surface area contributed by atoms with Crippen LogP contribution in [0.25, 0.3) is 11.6 Å². The van der Waals surface area contributed by atoms with E-state index in [9.17, 15) is 14.0 Å². The molecule has 7 heteroatoms. The van der Waals surface area contributed by atoms with Crippen molar-refractivity contribution in [3.05, 3.63) is 89.2 Å². The fraction of sp³-hybridized carbons (Fsp3) is 0.160. The molecule has 0 unspecified atom stereocenters. The lowest BCUT2D eigenvalue weighted by molar-refractivity contribution is -0.125. The Kier molecular flexibility index (Phi) is 6.56. The number of carbonyl (C=O) groups excluding carboxylic acids is 2. The van der Waals surface area contributed by atoms with E-state index >= 15 is 0 Å². The average molecular weight is 448 g/mol. The Morgan fingerprint density at radius 2 is 1.88 bits per heavy atom.